The SMILES string of the molecule is Cc1ccc(OCC(=O)Nn2cnnc2)cc1C. The number of carbonyl (C=O) groups excluding carboxylic acids is 1. The van der Waals surface area contributed by atoms with Gasteiger partial charge in [0.05, 0.1) is 0 Å². The molecule has 0 spiro atoms. The summed E-state index contributed by atoms with van der Waals surface area (Å²) in [5.41, 5.74) is 4.87. The number of carbonyl (C=O) groups is 1. The molecule has 6 heteroatoms. The molecule has 0 bridgehead atoms. The molecule has 1 N–H and O–H groups in total. The van der Waals surface area contributed by atoms with Crippen molar-refractivity contribution < 1.29 is 9.53 Å². The van der Waals surface area contributed by atoms with Crippen LogP contribution in [0.1, 0.15) is 11.1 Å². The molecule has 0 aliphatic rings. The number of benzene rings is 1. The standard InChI is InChI=1S/C12H14N4O2/c1-9-3-4-11(5-10(9)2)18-6-12(17)15-16-7-13-14-8-16/h3-5,7-8H,6H2,1-2H3,(H,15,17). The van der Waals surface area contributed by atoms with Crippen LogP contribution in [0.3, 0.4) is 0 Å². The molecule has 0 unspecified atom stereocenters. The van der Waals surface area contributed by atoms with Crippen molar-refractivity contribution in [3.05, 3.63) is 42.0 Å². The smallest absolute Gasteiger partial charge is 0.276 e. The van der Waals surface area contributed by atoms with Gasteiger partial charge >= 0.3 is 0 Å². The minimum absolute atomic E-state index is 0.0549. The highest BCUT2D eigenvalue weighted by molar-refractivity contribution is 5.84. The second kappa shape index (κ2) is 5.31. The van der Waals surface area contributed by atoms with Gasteiger partial charge in [0.25, 0.3) is 5.91 Å². The zero-order chi connectivity index (χ0) is 13.0. The first kappa shape index (κ1) is 12.1. The summed E-state index contributed by atoms with van der Waals surface area (Å²) in [5.74, 6) is 0.407. The summed E-state index contributed by atoms with van der Waals surface area (Å²) in [5, 5.41) is 7.14. The second-order valence-corrected chi connectivity index (χ2v) is 3.94. The van der Waals surface area contributed by atoms with E-state index in [0.29, 0.717) is 5.75 Å². The van der Waals surface area contributed by atoms with Gasteiger partial charge in [-0.25, -0.2) is 4.68 Å². The Bertz CT molecular complexity index is 537. The minimum atomic E-state index is -0.270. The van der Waals surface area contributed by atoms with Crippen LogP contribution in [0.15, 0.2) is 30.9 Å². The zero-order valence-electron chi connectivity index (χ0n) is 10.3. The molecule has 1 aromatic heterocycles. The van der Waals surface area contributed by atoms with Gasteiger partial charge in [-0.15, -0.1) is 10.2 Å². The van der Waals surface area contributed by atoms with Gasteiger partial charge in [-0.1, -0.05) is 6.07 Å². The molecule has 0 radical (unpaired) electrons. The van der Waals surface area contributed by atoms with Crippen molar-refractivity contribution >= 4 is 5.91 Å². The number of nitrogens with zero attached hydrogens (tertiary/aromatic N) is 3. The normalized spacial score (nSPS) is 10.1. The number of aromatic nitrogens is 3. The van der Waals surface area contributed by atoms with Crippen LogP contribution < -0.4 is 10.2 Å². The quantitative estimate of drug-likeness (QED) is 0.875. The van der Waals surface area contributed by atoms with E-state index < -0.39 is 0 Å². The fourth-order valence-corrected chi connectivity index (χ4v) is 1.39. The summed E-state index contributed by atoms with van der Waals surface area (Å²) in [7, 11) is 0. The molecule has 0 aliphatic heterocycles. The first-order valence-electron chi connectivity index (χ1n) is 5.49. The molecule has 1 aromatic carbocycles. The predicted octanol–water partition coefficient (Wildman–Crippen LogP) is 1.04. The molecule has 0 saturated heterocycles. The van der Waals surface area contributed by atoms with Gasteiger partial charge < -0.3 is 4.74 Å². The number of rotatable bonds is 4. The summed E-state index contributed by atoms with van der Waals surface area (Å²) in [6.07, 6.45) is 2.79. The van der Waals surface area contributed by atoms with Crippen molar-refractivity contribution in [1.29, 1.82) is 0 Å². The maximum absolute atomic E-state index is 11.5. The van der Waals surface area contributed by atoms with Crippen molar-refractivity contribution in [2.75, 3.05) is 12.0 Å². The molecule has 0 atom stereocenters. The van der Waals surface area contributed by atoms with Crippen LogP contribution in [0.4, 0.5) is 0 Å². The molecular weight excluding hydrogens is 232 g/mol. The largest absolute Gasteiger partial charge is 0.484 e. The van der Waals surface area contributed by atoms with E-state index in [1.165, 1.54) is 22.9 Å². The maximum atomic E-state index is 11.5. The van der Waals surface area contributed by atoms with Crippen molar-refractivity contribution in [3.8, 4) is 5.75 Å². The third-order valence-electron chi connectivity index (χ3n) is 2.52. The molecule has 2 rings (SSSR count). The number of aryl methyl sites for hydroxylation is 2. The Kier molecular flexibility index (Phi) is 3.57. The molecule has 18 heavy (non-hydrogen) atoms. The van der Waals surface area contributed by atoms with E-state index in [9.17, 15) is 4.79 Å². The molecule has 1 heterocycles. The first-order chi connectivity index (χ1) is 8.65. The number of hydrogen-bond donors (Lipinski definition) is 1. The maximum Gasteiger partial charge on any atom is 0.276 e. The number of nitrogens with one attached hydrogen (secondary N) is 1. The Labute approximate surface area is 105 Å². The van der Waals surface area contributed by atoms with Gasteiger partial charge in [0.1, 0.15) is 18.4 Å². The molecule has 2 aromatic rings. The first-order valence-corrected chi connectivity index (χ1v) is 5.49. The van der Waals surface area contributed by atoms with E-state index in [1.807, 2.05) is 32.0 Å². The average Bonchev–Trinajstić information content (AvgIpc) is 2.83. The highest BCUT2D eigenvalue weighted by atomic mass is 16.5. The van der Waals surface area contributed by atoms with Crippen LogP contribution in [0, 0.1) is 13.8 Å². The Morgan fingerprint density at radius 3 is 2.67 bits per heavy atom. The van der Waals surface area contributed by atoms with Gasteiger partial charge in [-0.2, -0.15) is 0 Å². The third kappa shape index (κ3) is 3.07. The van der Waals surface area contributed by atoms with E-state index in [4.69, 9.17) is 4.74 Å². The summed E-state index contributed by atoms with van der Waals surface area (Å²) < 4.78 is 6.75. The minimum Gasteiger partial charge on any atom is -0.484 e. The molecule has 0 aliphatic carbocycles. The lowest BCUT2D eigenvalue weighted by atomic mass is 10.1. The van der Waals surface area contributed by atoms with Crippen molar-refractivity contribution in [2.45, 2.75) is 13.8 Å². The van der Waals surface area contributed by atoms with Crippen molar-refractivity contribution in [2.24, 2.45) is 0 Å². The van der Waals surface area contributed by atoms with Crippen LogP contribution in [0.25, 0.3) is 0 Å². The van der Waals surface area contributed by atoms with Crippen molar-refractivity contribution in [3.63, 3.8) is 0 Å². The van der Waals surface area contributed by atoms with Crippen LogP contribution in [0.5, 0.6) is 5.75 Å². The highest BCUT2D eigenvalue weighted by Gasteiger charge is 2.04. The van der Waals surface area contributed by atoms with Crippen LogP contribution in [-0.4, -0.2) is 27.4 Å². The monoisotopic (exact) mass is 246 g/mol. The van der Waals surface area contributed by atoms with Crippen LogP contribution in [-0.2, 0) is 4.79 Å². The van der Waals surface area contributed by atoms with E-state index in [-0.39, 0.29) is 12.5 Å². The fraction of sp³-hybridized carbons (Fsp3) is 0.250. The average molecular weight is 246 g/mol. The molecule has 0 fully saturated rings. The van der Waals surface area contributed by atoms with Gasteiger partial charge in [0, 0.05) is 0 Å². The highest BCUT2D eigenvalue weighted by Crippen LogP contribution is 2.16. The van der Waals surface area contributed by atoms with Gasteiger partial charge in [0.2, 0.25) is 0 Å². The van der Waals surface area contributed by atoms with Crippen LogP contribution >= 0.6 is 0 Å². The molecule has 94 valence electrons. The number of amides is 1. The van der Waals surface area contributed by atoms with Gasteiger partial charge in [0.15, 0.2) is 6.61 Å². The summed E-state index contributed by atoms with van der Waals surface area (Å²) >= 11 is 0. The molecular formula is C12H14N4O2. The van der Waals surface area contributed by atoms with E-state index in [2.05, 4.69) is 15.6 Å². The van der Waals surface area contributed by atoms with Gasteiger partial charge in [-0.3, -0.25) is 10.2 Å². The summed E-state index contributed by atoms with van der Waals surface area (Å²) in [6, 6.07) is 5.71. The fourth-order valence-electron chi connectivity index (χ4n) is 1.39. The number of hydrogen-bond acceptors (Lipinski definition) is 4. The lowest BCUT2D eigenvalue weighted by Crippen LogP contribution is -2.27. The third-order valence-corrected chi connectivity index (χ3v) is 2.52. The summed E-state index contributed by atoms with van der Waals surface area (Å²) in [4.78, 5) is 11.5. The number of ether oxygens (including phenoxy) is 1. The Balaban J connectivity index is 1.87. The Morgan fingerprint density at radius 2 is 2.00 bits per heavy atom. The van der Waals surface area contributed by atoms with E-state index in [1.54, 1.807) is 0 Å². The predicted molar refractivity (Wildman–Crippen MR) is 65.8 cm³/mol. The Hall–Kier alpha value is -2.37. The topological polar surface area (TPSA) is 69.0 Å². The van der Waals surface area contributed by atoms with Gasteiger partial charge in [-0.05, 0) is 37.1 Å². The molecule has 0 saturated carbocycles. The Morgan fingerprint density at radius 1 is 1.28 bits per heavy atom. The van der Waals surface area contributed by atoms with Crippen molar-refractivity contribution in [1.82, 2.24) is 14.9 Å². The summed E-state index contributed by atoms with van der Waals surface area (Å²) in [6.45, 7) is 3.97. The zero-order valence-corrected chi connectivity index (χ0v) is 10.3. The lowest BCUT2D eigenvalue weighted by molar-refractivity contribution is -0.119. The van der Waals surface area contributed by atoms with Crippen LogP contribution in [0.2, 0.25) is 0 Å². The molecule has 1 amide bonds. The van der Waals surface area contributed by atoms with E-state index >= 15 is 0 Å². The van der Waals surface area contributed by atoms with E-state index in [0.717, 1.165) is 5.56 Å². The second-order valence-electron chi connectivity index (χ2n) is 3.94. The lowest BCUT2D eigenvalue weighted by Gasteiger charge is -2.08. The molecule has 6 nitrogen and oxygen atoms in total.